The van der Waals surface area contributed by atoms with Gasteiger partial charge in [-0.05, 0) is 29.2 Å². The first kappa shape index (κ1) is 16.8. The van der Waals surface area contributed by atoms with Crippen LogP contribution in [0.25, 0.3) is 22.2 Å². The van der Waals surface area contributed by atoms with Crippen molar-refractivity contribution in [2.75, 3.05) is 6.54 Å². The second-order valence-electron chi connectivity index (χ2n) is 8.18. The standard InChI is InChI=1S/C21H24N4O/c1-12(2)7-18-22-10-16-15(9-23-19(16)25-18)13-5-6-14-17(8-13)21(3,4)11-24-20(14)26/h5-6,8-10,12H,7,11H2,1-4H3,(H,24,26)(H,22,23,25). The summed E-state index contributed by atoms with van der Waals surface area (Å²) in [5.74, 6) is 1.39. The molecule has 0 aliphatic carbocycles. The molecule has 0 unspecified atom stereocenters. The molecular weight excluding hydrogens is 324 g/mol. The number of fused-ring (bicyclic) bond motifs is 2. The van der Waals surface area contributed by atoms with Gasteiger partial charge in [0, 0.05) is 47.3 Å². The van der Waals surface area contributed by atoms with E-state index < -0.39 is 0 Å². The van der Waals surface area contributed by atoms with Crippen LogP contribution in [0.3, 0.4) is 0 Å². The maximum atomic E-state index is 12.2. The lowest BCUT2D eigenvalue weighted by molar-refractivity contribution is 0.0930. The lowest BCUT2D eigenvalue weighted by atomic mass is 9.78. The second kappa shape index (κ2) is 5.94. The monoisotopic (exact) mass is 348 g/mol. The van der Waals surface area contributed by atoms with Crippen molar-refractivity contribution in [1.82, 2.24) is 20.3 Å². The summed E-state index contributed by atoms with van der Waals surface area (Å²) in [6.45, 7) is 9.30. The summed E-state index contributed by atoms with van der Waals surface area (Å²) < 4.78 is 0. The topological polar surface area (TPSA) is 70.7 Å². The highest BCUT2D eigenvalue weighted by Crippen LogP contribution is 2.35. The third-order valence-corrected chi connectivity index (χ3v) is 5.07. The molecule has 4 rings (SSSR count). The van der Waals surface area contributed by atoms with Gasteiger partial charge in [0.25, 0.3) is 5.91 Å². The number of aromatic nitrogens is 3. The van der Waals surface area contributed by atoms with Crippen LogP contribution in [-0.4, -0.2) is 27.4 Å². The molecule has 1 aliphatic heterocycles. The maximum absolute atomic E-state index is 12.2. The van der Waals surface area contributed by atoms with Crippen LogP contribution >= 0.6 is 0 Å². The number of carbonyl (C=O) groups is 1. The van der Waals surface area contributed by atoms with Crippen molar-refractivity contribution in [3.8, 4) is 11.1 Å². The van der Waals surface area contributed by atoms with E-state index in [-0.39, 0.29) is 11.3 Å². The first-order valence-electron chi connectivity index (χ1n) is 9.11. The summed E-state index contributed by atoms with van der Waals surface area (Å²) in [4.78, 5) is 24.6. The van der Waals surface area contributed by atoms with Gasteiger partial charge in [0.05, 0.1) is 0 Å². The fourth-order valence-electron chi connectivity index (χ4n) is 3.61. The molecular formula is C21H24N4O. The van der Waals surface area contributed by atoms with Gasteiger partial charge in [0.1, 0.15) is 11.5 Å². The van der Waals surface area contributed by atoms with Crippen LogP contribution < -0.4 is 5.32 Å². The lowest BCUT2D eigenvalue weighted by Gasteiger charge is -2.32. The Hall–Kier alpha value is -2.69. The molecule has 0 bridgehead atoms. The molecule has 26 heavy (non-hydrogen) atoms. The predicted octanol–water partition coefficient (Wildman–Crippen LogP) is 3.84. The van der Waals surface area contributed by atoms with Crippen LogP contribution in [0.2, 0.25) is 0 Å². The zero-order chi connectivity index (χ0) is 18.5. The lowest BCUT2D eigenvalue weighted by Crippen LogP contribution is -2.43. The van der Waals surface area contributed by atoms with Gasteiger partial charge >= 0.3 is 0 Å². The summed E-state index contributed by atoms with van der Waals surface area (Å²) in [5, 5.41) is 3.98. The molecule has 0 fully saturated rings. The third kappa shape index (κ3) is 2.77. The van der Waals surface area contributed by atoms with E-state index in [9.17, 15) is 4.79 Å². The number of amides is 1. The zero-order valence-corrected chi connectivity index (χ0v) is 15.7. The number of hydrogen-bond acceptors (Lipinski definition) is 3. The van der Waals surface area contributed by atoms with E-state index in [0.717, 1.165) is 45.5 Å². The van der Waals surface area contributed by atoms with Gasteiger partial charge in [-0.3, -0.25) is 4.79 Å². The van der Waals surface area contributed by atoms with E-state index in [0.29, 0.717) is 12.5 Å². The van der Waals surface area contributed by atoms with Crippen molar-refractivity contribution >= 4 is 16.9 Å². The van der Waals surface area contributed by atoms with E-state index in [1.807, 2.05) is 24.5 Å². The summed E-state index contributed by atoms with van der Waals surface area (Å²) in [6.07, 6.45) is 4.76. The third-order valence-electron chi connectivity index (χ3n) is 5.07. The van der Waals surface area contributed by atoms with Crippen molar-refractivity contribution in [3.05, 3.63) is 47.5 Å². The van der Waals surface area contributed by atoms with Crippen LogP contribution in [-0.2, 0) is 11.8 Å². The molecule has 1 aliphatic rings. The SMILES string of the molecule is CC(C)Cc1ncc2c(-c3ccc4c(c3)C(C)(C)CNC4=O)c[nH]c2n1. The van der Waals surface area contributed by atoms with Crippen LogP contribution in [0.4, 0.5) is 0 Å². The highest BCUT2D eigenvalue weighted by Gasteiger charge is 2.31. The highest BCUT2D eigenvalue weighted by atomic mass is 16.1. The van der Waals surface area contributed by atoms with E-state index >= 15 is 0 Å². The molecule has 2 N–H and O–H groups in total. The Morgan fingerprint density at radius 3 is 2.81 bits per heavy atom. The summed E-state index contributed by atoms with van der Waals surface area (Å²) >= 11 is 0. The number of hydrogen-bond donors (Lipinski definition) is 2. The zero-order valence-electron chi connectivity index (χ0n) is 15.7. The molecule has 0 saturated heterocycles. The number of aromatic amines is 1. The maximum Gasteiger partial charge on any atom is 0.251 e. The summed E-state index contributed by atoms with van der Waals surface area (Å²) in [6, 6.07) is 6.07. The molecule has 134 valence electrons. The van der Waals surface area contributed by atoms with Crippen molar-refractivity contribution in [2.45, 2.75) is 39.5 Å². The van der Waals surface area contributed by atoms with E-state index in [1.54, 1.807) is 0 Å². The highest BCUT2D eigenvalue weighted by molar-refractivity contribution is 5.99. The van der Waals surface area contributed by atoms with Crippen LogP contribution in [0.1, 0.15) is 49.4 Å². The van der Waals surface area contributed by atoms with Gasteiger partial charge in [-0.2, -0.15) is 0 Å². The van der Waals surface area contributed by atoms with Crippen molar-refractivity contribution in [1.29, 1.82) is 0 Å². The minimum Gasteiger partial charge on any atom is -0.351 e. The molecule has 0 saturated carbocycles. The molecule has 0 atom stereocenters. The molecule has 0 spiro atoms. The number of carbonyl (C=O) groups excluding carboxylic acids is 1. The largest absolute Gasteiger partial charge is 0.351 e. The van der Waals surface area contributed by atoms with Crippen LogP contribution in [0.15, 0.2) is 30.6 Å². The van der Waals surface area contributed by atoms with Gasteiger partial charge in [-0.1, -0.05) is 33.8 Å². The van der Waals surface area contributed by atoms with E-state index in [1.165, 1.54) is 0 Å². The fourth-order valence-corrected chi connectivity index (χ4v) is 3.61. The van der Waals surface area contributed by atoms with Gasteiger partial charge in [0.2, 0.25) is 0 Å². The van der Waals surface area contributed by atoms with Gasteiger partial charge in [0.15, 0.2) is 0 Å². The number of nitrogens with one attached hydrogen (secondary N) is 2. The molecule has 5 nitrogen and oxygen atoms in total. The number of nitrogens with zero attached hydrogens (tertiary/aromatic N) is 2. The molecule has 5 heteroatoms. The molecule has 3 aromatic rings. The first-order chi connectivity index (χ1) is 12.3. The minimum atomic E-state index is -0.0910. The Labute approximate surface area is 153 Å². The molecule has 2 aromatic heterocycles. The van der Waals surface area contributed by atoms with Crippen molar-refractivity contribution in [2.24, 2.45) is 5.92 Å². The Morgan fingerprint density at radius 2 is 2.04 bits per heavy atom. The smallest absolute Gasteiger partial charge is 0.251 e. The molecule has 1 aromatic carbocycles. The Balaban J connectivity index is 1.80. The van der Waals surface area contributed by atoms with Crippen LogP contribution in [0.5, 0.6) is 0 Å². The Morgan fingerprint density at radius 1 is 1.23 bits per heavy atom. The predicted molar refractivity (Wildman–Crippen MR) is 103 cm³/mol. The quantitative estimate of drug-likeness (QED) is 0.755. The number of benzene rings is 1. The normalized spacial score (nSPS) is 16.0. The Kier molecular flexibility index (Phi) is 3.83. The van der Waals surface area contributed by atoms with Gasteiger partial charge in [-0.25, -0.2) is 9.97 Å². The second-order valence-corrected chi connectivity index (χ2v) is 8.18. The summed E-state index contributed by atoms with van der Waals surface area (Å²) in [5.41, 5.74) is 4.77. The molecule has 3 heterocycles. The molecule has 0 radical (unpaired) electrons. The van der Waals surface area contributed by atoms with Gasteiger partial charge < -0.3 is 10.3 Å². The van der Waals surface area contributed by atoms with Crippen LogP contribution in [0, 0.1) is 5.92 Å². The minimum absolute atomic E-state index is 0.00598. The van der Waals surface area contributed by atoms with Crippen molar-refractivity contribution in [3.63, 3.8) is 0 Å². The number of H-pyrrole nitrogens is 1. The average Bonchev–Trinajstić information content (AvgIpc) is 3.01. The molecule has 1 amide bonds. The Bertz CT molecular complexity index is 1000. The fraction of sp³-hybridized carbons (Fsp3) is 0.381. The van der Waals surface area contributed by atoms with Crippen molar-refractivity contribution < 1.29 is 4.79 Å². The first-order valence-corrected chi connectivity index (χ1v) is 9.11. The summed E-state index contributed by atoms with van der Waals surface area (Å²) in [7, 11) is 0. The van der Waals surface area contributed by atoms with E-state index in [4.69, 9.17) is 0 Å². The van der Waals surface area contributed by atoms with E-state index in [2.05, 4.69) is 54.0 Å². The van der Waals surface area contributed by atoms with Gasteiger partial charge in [-0.15, -0.1) is 0 Å². The number of rotatable bonds is 3. The average molecular weight is 348 g/mol.